The fraction of sp³-hybridized carbons (Fsp3) is 0.357. The van der Waals surface area contributed by atoms with Crippen LogP contribution in [0.1, 0.15) is 36.3 Å². The van der Waals surface area contributed by atoms with Crippen molar-refractivity contribution in [2.24, 2.45) is 0 Å². The highest BCUT2D eigenvalue weighted by Crippen LogP contribution is 2.28. The van der Waals surface area contributed by atoms with E-state index in [1.165, 1.54) is 0 Å². The number of aromatic nitrogens is 2. The molecule has 0 fully saturated rings. The zero-order chi connectivity index (χ0) is 13.1. The molecule has 1 atom stereocenters. The minimum atomic E-state index is -0.683. The second-order valence-corrected chi connectivity index (χ2v) is 4.74. The van der Waals surface area contributed by atoms with E-state index in [0.717, 1.165) is 29.8 Å². The quantitative estimate of drug-likeness (QED) is 0.920. The Bertz CT molecular complexity index is 536. The lowest BCUT2D eigenvalue weighted by molar-refractivity contribution is 0.206. The third kappa shape index (κ3) is 2.42. The smallest absolute Gasteiger partial charge is 0.121 e. The van der Waals surface area contributed by atoms with Gasteiger partial charge in [-0.2, -0.15) is 5.10 Å². The topological polar surface area (TPSA) is 38.0 Å². The normalized spacial score (nSPS) is 12.7. The van der Waals surface area contributed by atoms with Gasteiger partial charge in [0.25, 0.3) is 0 Å². The first-order chi connectivity index (χ1) is 8.65. The van der Waals surface area contributed by atoms with Crippen LogP contribution in [0.5, 0.6) is 0 Å². The van der Waals surface area contributed by atoms with Gasteiger partial charge in [0.05, 0.1) is 5.69 Å². The molecular weight excluding hydrogens is 248 g/mol. The maximum atomic E-state index is 10.5. The van der Waals surface area contributed by atoms with Gasteiger partial charge in [-0.1, -0.05) is 30.7 Å². The number of hydrogen-bond donors (Lipinski definition) is 1. The number of halogens is 1. The standard InChI is InChI=1S/C14H17ClN2O/c1-3-9-17-13(7-8-16-17)14(18)11-5-4-6-12(15)10(11)2/h4-8,14,18H,3,9H2,1-2H3. The summed E-state index contributed by atoms with van der Waals surface area (Å²) in [6.45, 7) is 4.81. The summed E-state index contributed by atoms with van der Waals surface area (Å²) in [5.74, 6) is 0. The maximum Gasteiger partial charge on any atom is 0.121 e. The van der Waals surface area contributed by atoms with Crippen LogP contribution in [0.15, 0.2) is 30.5 Å². The Morgan fingerprint density at radius 2 is 2.17 bits per heavy atom. The number of benzene rings is 1. The number of hydrogen-bond acceptors (Lipinski definition) is 2. The molecule has 0 saturated heterocycles. The first-order valence-electron chi connectivity index (χ1n) is 6.10. The molecule has 0 amide bonds. The predicted molar refractivity (Wildman–Crippen MR) is 72.8 cm³/mol. The third-order valence-electron chi connectivity index (χ3n) is 3.07. The molecule has 1 heterocycles. The van der Waals surface area contributed by atoms with Crippen molar-refractivity contribution >= 4 is 11.6 Å². The molecule has 1 unspecified atom stereocenters. The lowest BCUT2D eigenvalue weighted by Crippen LogP contribution is -2.11. The molecular formula is C14H17ClN2O. The lowest BCUT2D eigenvalue weighted by atomic mass is 10.0. The van der Waals surface area contributed by atoms with Crippen molar-refractivity contribution in [1.82, 2.24) is 9.78 Å². The van der Waals surface area contributed by atoms with Crippen LogP contribution in [0, 0.1) is 6.92 Å². The van der Waals surface area contributed by atoms with Gasteiger partial charge in [0, 0.05) is 17.8 Å². The summed E-state index contributed by atoms with van der Waals surface area (Å²) in [6.07, 6.45) is 2.02. The molecule has 0 aliphatic carbocycles. The summed E-state index contributed by atoms with van der Waals surface area (Å²) in [5, 5.41) is 15.4. The number of rotatable bonds is 4. The van der Waals surface area contributed by atoms with Gasteiger partial charge in [-0.3, -0.25) is 4.68 Å². The van der Waals surface area contributed by atoms with E-state index in [-0.39, 0.29) is 0 Å². The average Bonchev–Trinajstić information content (AvgIpc) is 2.80. The molecule has 18 heavy (non-hydrogen) atoms. The largest absolute Gasteiger partial charge is 0.382 e. The summed E-state index contributed by atoms with van der Waals surface area (Å²) in [5.41, 5.74) is 2.55. The van der Waals surface area contributed by atoms with Gasteiger partial charge in [0.15, 0.2) is 0 Å². The number of nitrogens with zero attached hydrogens (tertiary/aromatic N) is 2. The highest BCUT2D eigenvalue weighted by molar-refractivity contribution is 6.31. The Balaban J connectivity index is 2.38. The van der Waals surface area contributed by atoms with Crippen molar-refractivity contribution in [3.63, 3.8) is 0 Å². The predicted octanol–water partition coefficient (Wildman–Crippen LogP) is 3.34. The van der Waals surface area contributed by atoms with E-state index in [0.29, 0.717) is 5.02 Å². The van der Waals surface area contributed by atoms with Crippen LogP contribution in [-0.4, -0.2) is 14.9 Å². The van der Waals surface area contributed by atoms with Crippen LogP contribution in [0.4, 0.5) is 0 Å². The molecule has 4 heteroatoms. The highest BCUT2D eigenvalue weighted by Gasteiger charge is 2.17. The van der Waals surface area contributed by atoms with Crippen LogP contribution < -0.4 is 0 Å². The first-order valence-corrected chi connectivity index (χ1v) is 6.47. The highest BCUT2D eigenvalue weighted by atomic mass is 35.5. The minimum absolute atomic E-state index is 0.674. The summed E-state index contributed by atoms with van der Waals surface area (Å²) in [7, 11) is 0. The Labute approximate surface area is 112 Å². The summed E-state index contributed by atoms with van der Waals surface area (Å²) < 4.78 is 1.84. The molecule has 96 valence electrons. The van der Waals surface area contributed by atoms with E-state index >= 15 is 0 Å². The maximum absolute atomic E-state index is 10.5. The van der Waals surface area contributed by atoms with E-state index in [9.17, 15) is 5.11 Å². The minimum Gasteiger partial charge on any atom is -0.382 e. The fourth-order valence-electron chi connectivity index (χ4n) is 2.05. The third-order valence-corrected chi connectivity index (χ3v) is 3.48. The molecule has 2 rings (SSSR count). The van der Waals surface area contributed by atoms with Gasteiger partial charge in [-0.25, -0.2) is 0 Å². The first kappa shape index (κ1) is 13.1. The van der Waals surface area contributed by atoms with Gasteiger partial charge < -0.3 is 5.11 Å². The Morgan fingerprint density at radius 3 is 2.89 bits per heavy atom. The van der Waals surface area contributed by atoms with E-state index in [2.05, 4.69) is 12.0 Å². The molecule has 0 aliphatic rings. The Hall–Kier alpha value is -1.32. The fourth-order valence-corrected chi connectivity index (χ4v) is 2.24. The van der Waals surface area contributed by atoms with Crippen molar-refractivity contribution in [2.45, 2.75) is 32.9 Å². The number of aryl methyl sites for hydroxylation is 1. The molecule has 0 radical (unpaired) electrons. The second-order valence-electron chi connectivity index (χ2n) is 4.34. The molecule has 1 N–H and O–H groups in total. The zero-order valence-corrected chi connectivity index (χ0v) is 11.4. The molecule has 0 saturated carbocycles. The van der Waals surface area contributed by atoms with Gasteiger partial charge >= 0.3 is 0 Å². The zero-order valence-electron chi connectivity index (χ0n) is 10.6. The van der Waals surface area contributed by atoms with Gasteiger partial charge in [0.2, 0.25) is 0 Å². The monoisotopic (exact) mass is 264 g/mol. The van der Waals surface area contributed by atoms with Crippen LogP contribution in [0.25, 0.3) is 0 Å². The molecule has 0 spiro atoms. The number of aliphatic hydroxyl groups is 1. The molecule has 3 nitrogen and oxygen atoms in total. The van der Waals surface area contributed by atoms with Crippen molar-refractivity contribution in [1.29, 1.82) is 0 Å². The molecule has 0 bridgehead atoms. The van der Waals surface area contributed by atoms with Crippen molar-refractivity contribution in [2.75, 3.05) is 0 Å². The second kappa shape index (κ2) is 5.55. The summed E-state index contributed by atoms with van der Waals surface area (Å²) >= 11 is 6.09. The Morgan fingerprint density at radius 1 is 1.39 bits per heavy atom. The van der Waals surface area contributed by atoms with E-state index < -0.39 is 6.10 Å². The van der Waals surface area contributed by atoms with Gasteiger partial charge in [-0.05, 0) is 36.6 Å². The molecule has 2 aromatic rings. The molecule has 0 aliphatic heterocycles. The van der Waals surface area contributed by atoms with E-state index in [1.54, 1.807) is 6.20 Å². The summed E-state index contributed by atoms with van der Waals surface area (Å²) in [4.78, 5) is 0. The van der Waals surface area contributed by atoms with E-state index in [4.69, 9.17) is 11.6 Å². The van der Waals surface area contributed by atoms with Gasteiger partial charge in [0.1, 0.15) is 6.10 Å². The van der Waals surface area contributed by atoms with Crippen molar-refractivity contribution < 1.29 is 5.11 Å². The Kier molecular flexibility index (Phi) is 4.04. The number of aliphatic hydroxyl groups excluding tert-OH is 1. The van der Waals surface area contributed by atoms with Gasteiger partial charge in [-0.15, -0.1) is 0 Å². The van der Waals surface area contributed by atoms with Crippen molar-refractivity contribution in [3.05, 3.63) is 52.3 Å². The molecule has 1 aromatic heterocycles. The van der Waals surface area contributed by atoms with E-state index in [1.807, 2.05) is 35.9 Å². The molecule has 1 aromatic carbocycles. The van der Waals surface area contributed by atoms with Crippen LogP contribution >= 0.6 is 11.6 Å². The van der Waals surface area contributed by atoms with Crippen molar-refractivity contribution in [3.8, 4) is 0 Å². The lowest BCUT2D eigenvalue weighted by Gasteiger charge is -2.16. The van der Waals surface area contributed by atoms with Crippen LogP contribution in [0.2, 0.25) is 5.02 Å². The SMILES string of the molecule is CCCn1nccc1C(O)c1cccc(Cl)c1C. The average molecular weight is 265 g/mol. The van der Waals surface area contributed by atoms with Crippen LogP contribution in [-0.2, 0) is 6.54 Å². The summed E-state index contributed by atoms with van der Waals surface area (Å²) in [6, 6.07) is 7.43. The van der Waals surface area contributed by atoms with Crippen LogP contribution in [0.3, 0.4) is 0 Å².